The van der Waals surface area contributed by atoms with Gasteiger partial charge in [0.05, 0.1) is 6.42 Å². The molecule has 4 nitrogen and oxygen atoms in total. The number of aromatic nitrogens is 1. The third-order valence-electron chi connectivity index (χ3n) is 2.23. The molecule has 0 fully saturated rings. The van der Waals surface area contributed by atoms with Crippen molar-refractivity contribution in [2.75, 3.05) is 11.9 Å². The Bertz CT molecular complexity index is 365. The minimum Gasteiger partial charge on any atom is -0.486 e. The molecule has 0 aliphatic carbocycles. The molecular formula is C10H12N2O2. The molecule has 2 heterocycles. The van der Waals surface area contributed by atoms with Gasteiger partial charge in [0.2, 0.25) is 5.91 Å². The summed E-state index contributed by atoms with van der Waals surface area (Å²) in [6.07, 6.45) is 1.96. The molecule has 1 atom stereocenters. The van der Waals surface area contributed by atoms with E-state index >= 15 is 0 Å². The van der Waals surface area contributed by atoms with E-state index in [1.54, 1.807) is 24.2 Å². The van der Waals surface area contributed by atoms with Crippen LogP contribution in [-0.2, 0) is 4.79 Å². The van der Waals surface area contributed by atoms with Crippen LogP contribution >= 0.6 is 0 Å². The van der Waals surface area contributed by atoms with Gasteiger partial charge in [-0.15, -0.1) is 0 Å². The number of amides is 1. The maximum atomic E-state index is 11.6. The molecule has 1 aliphatic heterocycles. The topological polar surface area (TPSA) is 42.4 Å². The van der Waals surface area contributed by atoms with E-state index in [9.17, 15) is 4.79 Å². The number of anilines is 1. The number of hydrogen-bond acceptors (Lipinski definition) is 3. The summed E-state index contributed by atoms with van der Waals surface area (Å²) >= 11 is 0. The van der Waals surface area contributed by atoms with E-state index in [0.29, 0.717) is 18.0 Å². The Kier molecular flexibility index (Phi) is 2.11. The van der Waals surface area contributed by atoms with Gasteiger partial charge < -0.3 is 4.74 Å². The predicted molar refractivity (Wildman–Crippen MR) is 52.4 cm³/mol. The van der Waals surface area contributed by atoms with Crippen LogP contribution in [0.1, 0.15) is 13.3 Å². The number of fused-ring (bicyclic) bond motifs is 1. The lowest BCUT2D eigenvalue weighted by Gasteiger charge is -2.13. The summed E-state index contributed by atoms with van der Waals surface area (Å²) in [5.41, 5.74) is 0. The van der Waals surface area contributed by atoms with Gasteiger partial charge in [-0.3, -0.25) is 9.69 Å². The van der Waals surface area contributed by atoms with Gasteiger partial charge in [-0.25, -0.2) is 4.98 Å². The smallest absolute Gasteiger partial charge is 0.231 e. The van der Waals surface area contributed by atoms with Gasteiger partial charge in [0.1, 0.15) is 6.10 Å². The molecule has 1 aromatic rings. The van der Waals surface area contributed by atoms with Crippen LogP contribution < -0.4 is 9.64 Å². The van der Waals surface area contributed by atoms with Crippen molar-refractivity contribution in [2.24, 2.45) is 0 Å². The van der Waals surface area contributed by atoms with Gasteiger partial charge in [-0.1, -0.05) is 0 Å². The highest BCUT2D eigenvalue weighted by Gasteiger charge is 2.24. The molecule has 4 heteroatoms. The summed E-state index contributed by atoms with van der Waals surface area (Å²) in [4.78, 5) is 17.3. The minimum absolute atomic E-state index is 0.0370. The quantitative estimate of drug-likeness (QED) is 0.620. The second kappa shape index (κ2) is 3.29. The molecule has 1 unspecified atom stereocenters. The second-order valence-electron chi connectivity index (χ2n) is 3.41. The number of ether oxygens (including phenoxy) is 1. The Morgan fingerprint density at radius 1 is 1.64 bits per heavy atom. The fourth-order valence-electron chi connectivity index (χ4n) is 1.49. The fourth-order valence-corrected chi connectivity index (χ4v) is 1.49. The van der Waals surface area contributed by atoms with Gasteiger partial charge in [0, 0.05) is 13.2 Å². The number of pyridine rings is 1. The number of carbonyl (C=O) groups is 1. The predicted octanol–water partition coefficient (Wildman–Crippen LogP) is 1.22. The van der Waals surface area contributed by atoms with Crippen molar-refractivity contribution in [3.8, 4) is 5.75 Å². The number of carbonyl (C=O) groups excluding carboxylic acids is 1. The highest BCUT2D eigenvalue weighted by molar-refractivity contribution is 5.94. The molecule has 2 rings (SSSR count). The fraction of sp³-hybridized carbons (Fsp3) is 0.400. The summed E-state index contributed by atoms with van der Waals surface area (Å²) in [7, 11) is 1.72. The molecule has 0 aromatic carbocycles. The molecule has 1 aromatic heterocycles. The van der Waals surface area contributed by atoms with Gasteiger partial charge >= 0.3 is 0 Å². The van der Waals surface area contributed by atoms with Gasteiger partial charge in [-0.2, -0.15) is 0 Å². The first-order valence-electron chi connectivity index (χ1n) is 4.56. The zero-order valence-electron chi connectivity index (χ0n) is 8.23. The molecular weight excluding hydrogens is 180 g/mol. The maximum absolute atomic E-state index is 11.6. The third-order valence-corrected chi connectivity index (χ3v) is 2.23. The van der Waals surface area contributed by atoms with Gasteiger partial charge in [-0.05, 0) is 19.1 Å². The molecule has 0 saturated carbocycles. The second-order valence-corrected chi connectivity index (χ2v) is 3.41. The monoisotopic (exact) mass is 192 g/mol. The van der Waals surface area contributed by atoms with E-state index in [1.807, 2.05) is 13.0 Å². The first kappa shape index (κ1) is 8.99. The van der Waals surface area contributed by atoms with Crippen molar-refractivity contribution >= 4 is 11.7 Å². The largest absolute Gasteiger partial charge is 0.486 e. The standard InChI is InChI=1S/C10H12N2O2/c1-7-6-9(13)12(2)10-8(14-7)4-3-5-11-10/h3-5,7H,6H2,1-2H3. The van der Waals surface area contributed by atoms with Crippen LogP contribution in [0.5, 0.6) is 5.75 Å². The average molecular weight is 192 g/mol. The molecule has 14 heavy (non-hydrogen) atoms. The van der Waals surface area contributed by atoms with Crippen LogP contribution in [-0.4, -0.2) is 24.0 Å². The van der Waals surface area contributed by atoms with E-state index in [-0.39, 0.29) is 12.0 Å². The summed E-state index contributed by atoms with van der Waals surface area (Å²) in [5, 5.41) is 0. The van der Waals surface area contributed by atoms with Crippen molar-refractivity contribution in [2.45, 2.75) is 19.4 Å². The van der Waals surface area contributed by atoms with E-state index in [4.69, 9.17) is 4.74 Å². The maximum Gasteiger partial charge on any atom is 0.231 e. The van der Waals surface area contributed by atoms with Crippen LogP contribution in [0.2, 0.25) is 0 Å². The Labute approximate surface area is 82.5 Å². The van der Waals surface area contributed by atoms with Gasteiger partial charge in [0.25, 0.3) is 0 Å². The zero-order chi connectivity index (χ0) is 10.1. The van der Waals surface area contributed by atoms with Gasteiger partial charge in [0.15, 0.2) is 11.6 Å². The average Bonchev–Trinajstić information content (AvgIpc) is 2.26. The molecule has 0 N–H and O–H groups in total. The SMILES string of the molecule is CC1CC(=O)N(C)c2ncccc2O1. The zero-order valence-corrected chi connectivity index (χ0v) is 8.23. The van der Waals surface area contributed by atoms with Crippen molar-refractivity contribution in [3.05, 3.63) is 18.3 Å². The molecule has 1 amide bonds. The molecule has 74 valence electrons. The molecule has 0 saturated heterocycles. The summed E-state index contributed by atoms with van der Waals surface area (Å²) < 4.78 is 5.57. The first-order chi connectivity index (χ1) is 6.68. The molecule has 1 aliphatic rings. The summed E-state index contributed by atoms with van der Waals surface area (Å²) in [6.45, 7) is 1.88. The lowest BCUT2D eigenvalue weighted by Crippen LogP contribution is -2.27. The van der Waals surface area contributed by atoms with E-state index < -0.39 is 0 Å². The third kappa shape index (κ3) is 1.43. The van der Waals surface area contributed by atoms with Crippen LogP contribution in [0.4, 0.5) is 5.82 Å². The van der Waals surface area contributed by atoms with Crippen molar-refractivity contribution in [1.82, 2.24) is 4.98 Å². The van der Waals surface area contributed by atoms with Crippen molar-refractivity contribution < 1.29 is 9.53 Å². The number of rotatable bonds is 0. The van der Waals surface area contributed by atoms with E-state index in [2.05, 4.69) is 4.98 Å². The molecule has 0 bridgehead atoms. The first-order valence-corrected chi connectivity index (χ1v) is 4.56. The van der Waals surface area contributed by atoms with Crippen LogP contribution in [0.3, 0.4) is 0 Å². The Balaban J connectivity index is 2.46. The highest BCUT2D eigenvalue weighted by Crippen LogP contribution is 2.29. The van der Waals surface area contributed by atoms with Crippen molar-refractivity contribution in [1.29, 1.82) is 0 Å². The van der Waals surface area contributed by atoms with Crippen LogP contribution in [0, 0.1) is 0 Å². The van der Waals surface area contributed by atoms with E-state index in [0.717, 1.165) is 0 Å². The highest BCUT2D eigenvalue weighted by atomic mass is 16.5. The lowest BCUT2D eigenvalue weighted by atomic mass is 10.3. The Hall–Kier alpha value is -1.58. The Morgan fingerprint density at radius 3 is 3.21 bits per heavy atom. The van der Waals surface area contributed by atoms with Crippen molar-refractivity contribution in [3.63, 3.8) is 0 Å². The lowest BCUT2D eigenvalue weighted by molar-refractivity contribution is -0.119. The molecule has 0 spiro atoms. The summed E-state index contributed by atoms with van der Waals surface area (Å²) in [6, 6.07) is 3.63. The van der Waals surface area contributed by atoms with E-state index in [1.165, 1.54) is 0 Å². The Morgan fingerprint density at radius 2 is 2.43 bits per heavy atom. The number of hydrogen-bond donors (Lipinski definition) is 0. The van der Waals surface area contributed by atoms with Crippen LogP contribution in [0.25, 0.3) is 0 Å². The number of nitrogens with zero attached hydrogens (tertiary/aromatic N) is 2. The normalized spacial score (nSPS) is 21.1. The van der Waals surface area contributed by atoms with Crippen LogP contribution in [0.15, 0.2) is 18.3 Å². The molecule has 0 radical (unpaired) electrons. The summed E-state index contributed by atoms with van der Waals surface area (Å²) in [5.74, 6) is 1.31. The minimum atomic E-state index is -0.0876.